The molecule has 1 aromatic rings. The van der Waals surface area contributed by atoms with E-state index in [4.69, 9.17) is 5.11 Å². The van der Waals surface area contributed by atoms with Gasteiger partial charge in [0, 0.05) is 0 Å². The van der Waals surface area contributed by atoms with Gasteiger partial charge >= 0.3 is 5.97 Å². The first-order chi connectivity index (χ1) is 5.52. The van der Waals surface area contributed by atoms with E-state index in [1.165, 1.54) is 0 Å². The summed E-state index contributed by atoms with van der Waals surface area (Å²) in [6, 6.07) is 3.77. The standard InChI is InChI=1S/C10H12O2.H3P/c1-6-4-7(2)9(10(11)12)8(3)5-6;/h4-5H,1-3H3,(H,11,12);1H3. The number of aryl methyl sites for hydroxylation is 3. The molecule has 1 aromatic carbocycles. The van der Waals surface area contributed by atoms with E-state index in [1.54, 1.807) is 0 Å². The third-order valence-corrected chi connectivity index (χ3v) is 1.89. The van der Waals surface area contributed by atoms with Gasteiger partial charge in [-0.25, -0.2) is 4.79 Å². The van der Waals surface area contributed by atoms with Crippen LogP contribution in [0.1, 0.15) is 27.0 Å². The highest BCUT2D eigenvalue weighted by Crippen LogP contribution is 2.15. The molecule has 13 heavy (non-hydrogen) atoms. The molecule has 0 aromatic heterocycles. The molecular weight excluding hydrogens is 183 g/mol. The molecule has 3 heteroatoms. The Morgan fingerprint density at radius 1 is 1.15 bits per heavy atom. The molecular formula is C10H15O2P. The molecule has 0 amide bonds. The Morgan fingerprint density at radius 2 is 1.54 bits per heavy atom. The average molecular weight is 198 g/mol. The van der Waals surface area contributed by atoms with Crippen molar-refractivity contribution in [2.75, 3.05) is 0 Å². The number of carbonyl (C=O) groups is 1. The largest absolute Gasteiger partial charge is 0.478 e. The number of hydrogen-bond donors (Lipinski definition) is 1. The van der Waals surface area contributed by atoms with Crippen molar-refractivity contribution in [1.29, 1.82) is 0 Å². The van der Waals surface area contributed by atoms with Crippen molar-refractivity contribution in [1.82, 2.24) is 0 Å². The van der Waals surface area contributed by atoms with Crippen LogP contribution in [0, 0.1) is 20.8 Å². The number of carboxylic acids is 1. The topological polar surface area (TPSA) is 37.3 Å². The normalized spacial score (nSPS) is 9.15. The quantitative estimate of drug-likeness (QED) is 0.703. The lowest BCUT2D eigenvalue weighted by Crippen LogP contribution is -2.03. The number of aromatic carboxylic acids is 1. The minimum atomic E-state index is -0.843. The summed E-state index contributed by atoms with van der Waals surface area (Å²) in [7, 11) is 0. The average Bonchev–Trinajstić information content (AvgIpc) is 1.82. The van der Waals surface area contributed by atoms with Gasteiger partial charge in [0.25, 0.3) is 0 Å². The molecule has 0 saturated carbocycles. The van der Waals surface area contributed by atoms with Crippen LogP contribution in [0.15, 0.2) is 12.1 Å². The molecule has 0 aliphatic rings. The Kier molecular flexibility index (Phi) is 4.09. The van der Waals surface area contributed by atoms with Crippen LogP contribution < -0.4 is 0 Å². The molecule has 0 radical (unpaired) electrons. The van der Waals surface area contributed by atoms with Crippen molar-refractivity contribution in [2.45, 2.75) is 20.8 Å². The summed E-state index contributed by atoms with van der Waals surface area (Å²) in [6.45, 7) is 5.61. The van der Waals surface area contributed by atoms with Crippen molar-refractivity contribution >= 4 is 15.9 Å². The van der Waals surface area contributed by atoms with E-state index >= 15 is 0 Å². The molecule has 72 valence electrons. The molecule has 1 atom stereocenters. The van der Waals surface area contributed by atoms with Crippen LogP contribution in [0.5, 0.6) is 0 Å². The zero-order valence-electron chi connectivity index (χ0n) is 8.22. The number of rotatable bonds is 1. The van der Waals surface area contributed by atoms with Gasteiger partial charge in [-0.15, -0.1) is 0 Å². The first-order valence-electron chi connectivity index (χ1n) is 3.83. The van der Waals surface area contributed by atoms with Gasteiger partial charge in [-0.1, -0.05) is 17.7 Å². The molecule has 1 unspecified atom stereocenters. The van der Waals surface area contributed by atoms with E-state index in [-0.39, 0.29) is 9.90 Å². The molecule has 0 fully saturated rings. The van der Waals surface area contributed by atoms with E-state index in [0.29, 0.717) is 5.56 Å². The van der Waals surface area contributed by atoms with Gasteiger partial charge in [-0.05, 0) is 31.9 Å². The summed E-state index contributed by atoms with van der Waals surface area (Å²) in [5.74, 6) is -0.843. The Hall–Kier alpha value is -0.880. The second-order valence-electron chi connectivity index (χ2n) is 3.08. The van der Waals surface area contributed by atoms with Gasteiger partial charge in [0.15, 0.2) is 0 Å². The second kappa shape index (κ2) is 4.38. The van der Waals surface area contributed by atoms with Gasteiger partial charge in [-0.2, -0.15) is 9.90 Å². The highest BCUT2D eigenvalue weighted by Gasteiger charge is 2.09. The van der Waals surface area contributed by atoms with Crippen molar-refractivity contribution in [2.24, 2.45) is 0 Å². The Labute approximate surface area is 81.6 Å². The zero-order chi connectivity index (χ0) is 9.30. The van der Waals surface area contributed by atoms with Gasteiger partial charge in [0.1, 0.15) is 0 Å². The van der Waals surface area contributed by atoms with Gasteiger partial charge < -0.3 is 5.11 Å². The van der Waals surface area contributed by atoms with E-state index in [1.807, 2.05) is 32.9 Å². The monoisotopic (exact) mass is 198 g/mol. The molecule has 2 nitrogen and oxygen atoms in total. The van der Waals surface area contributed by atoms with E-state index < -0.39 is 5.97 Å². The summed E-state index contributed by atoms with van der Waals surface area (Å²) in [6.07, 6.45) is 0. The maximum atomic E-state index is 10.8. The van der Waals surface area contributed by atoms with Crippen LogP contribution in [-0.2, 0) is 0 Å². The lowest BCUT2D eigenvalue weighted by molar-refractivity contribution is 0.0695. The van der Waals surface area contributed by atoms with Crippen molar-refractivity contribution in [3.8, 4) is 0 Å². The zero-order valence-corrected chi connectivity index (χ0v) is 9.63. The minimum Gasteiger partial charge on any atom is -0.478 e. The number of carboxylic acid groups (broad SMARTS) is 1. The Balaban J connectivity index is 0.00000144. The maximum Gasteiger partial charge on any atom is 0.336 e. The molecule has 1 rings (SSSR count). The smallest absolute Gasteiger partial charge is 0.336 e. The SMILES string of the molecule is Cc1cc(C)c(C(=O)O)c(C)c1.P. The molecule has 0 aliphatic carbocycles. The van der Waals surface area contributed by atoms with Gasteiger partial charge in [0.2, 0.25) is 0 Å². The number of hydrogen-bond acceptors (Lipinski definition) is 1. The van der Waals surface area contributed by atoms with Crippen molar-refractivity contribution < 1.29 is 9.90 Å². The van der Waals surface area contributed by atoms with E-state index in [2.05, 4.69) is 0 Å². The fraction of sp³-hybridized carbons (Fsp3) is 0.300. The molecule has 0 heterocycles. The summed E-state index contributed by atoms with van der Waals surface area (Å²) in [5.41, 5.74) is 3.20. The fourth-order valence-electron chi connectivity index (χ4n) is 1.52. The summed E-state index contributed by atoms with van der Waals surface area (Å²) >= 11 is 0. The maximum absolute atomic E-state index is 10.8. The first-order valence-corrected chi connectivity index (χ1v) is 3.83. The van der Waals surface area contributed by atoms with Crippen LogP contribution in [0.3, 0.4) is 0 Å². The summed E-state index contributed by atoms with van der Waals surface area (Å²) in [4.78, 5) is 10.8. The molecule has 0 spiro atoms. The van der Waals surface area contributed by atoms with E-state index in [0.717, 1.165) is 16.7 Å². The van der Waals surface area contributed by atoms with Crippen LogP contribution >= 0.6 is 9.90 Å². The first kappa shape index (κ1) is 12.1. The predicted molar refractivity (Wildman–Crippen MR) is 58.7 cm³/mol. The van der Waals surface area contributed by atoms with Gasteiger partial charge in [0.05, 0.1) is 5.56 Å². The predicted octanol–water partition coefficient (Wildman–Crippen LogP) is 2.37. The lowest BCUT2D eigenvalue weighted by Gasteiger charge is -2.05. The van der Waals surface area contributed by atoms with E-state index in [9.17, 15) is 4.79 Å². The molecule has 0 bridgehead atoms. The molecule has 0 saturated heterocycles. The highest BCUT2D eigenvalue weighted by molar-refractivity contribution is 6.92. The van der Waals surface area contributed by atoms with Crippen LogP contribution in [0.25, 0.3) is 0 Å². The summed E-state index contributed by atoms with van der Waals surface area (Å²) < 4.78 is 0. The third-order valence-electron chi connectivity index (χ3n) is 1.89. The highest BCUT2D eigenvalue weighted by atomic mass is 31.0. The Morgan fingerprint density at radius 3 is 1.85 bits per heavy atom. The van der Waals surface area contributed by atoms with Crippen LogP contribution in [0.4, 0.5) is 0 Å². The lowest BCUT2D eigenvalue weighted by atomic mass is 10.0. The van der Waals surface area contributed by atoms with Gasteiger partial charge in [-0.3, -0.25) is 0 Å². The van der Waals surface area contributed by atoms with Crippen molar-refractivity contribution in [3.63, 3.8) is 0 Å². The Bertz CT molecular complexity index is 309. The fourth-order valence-corrected chi connectivity index (χ4v) is 1.52. The molecule has 1 N–H and O–H groups in total. The molecule has 0 aliphatic heterocycles. The summed E-state index contributed by atoms with van der Waals surface area (Å²) in [5, 5.41) is 8.84. The van der Waals surface area contributed by atoms with Crippen molar-refractivity contribution in [3.05, 3.63) is 34.4 Å². The second-order valence-corrected chi connectivity index (χ2v) is 3.08. The minimum absolute atomic E-state index is 0. The van der Waals surface area contributed by atoms with Crippen LogP contribution in [-0.4, -0.2) is 11.1 Å². The third kappa shape index (κ3) is 2.53. The number of benzene rings is 1. The van der Waals surface area contributed by atoms with Crippen LogP contribution in [0.2, 0.25) is 0 Å².